The highest BCUT2D eigenvalue weighted by Crippen LogP contribution is 2.36. The van der Waals surface area contributed by atoms with Gasteiger partial charge in [0.05, 0.1) is 6.10 Å². The summed E-state index contributed by atoms with van der Waals surface area (Å²) in [5.74, 6) is 0.916. The second-order valence-corrected chi connectivity index (χ2v) is 6.26. The van der Waals surface area contributed by atoms with Crippen LogP contribution in [-0.2, 0) is 0 Å². The Morgan fingerprint density at radius 1 is 1.33 bits per heavy atom. The van der Waals surface area contributed by atoms with Gasteiger partial charge in [0.1, 0.15) is 0 Å². The van der Waals surface area contributed by atoms with Crippen molar-refractivity contribution >= 4 is 0 Å². The minimum atomic E-state index is -0.288. The van der Waals surface area contributed by atoms with Gasteiger partial charge in [-0.15, -0.1) is 0 Å². The first-order valence-electron chi connectivity index (χ1n) is 7.79. The van der Waals surface area contributed by atoms with E-state index in [0.717, 1.165) is 24.4 Å². The number of aliphatic hydroxyl groups excluding tert-OH is 1. The molecule has 0 spiro atoms. The Morgan fingerprint density at radius 3 is 2.94 bits per heavy atom. The maximum Gasteiger partial charge on any atom is 0.0692 e. The maximum atomic E-state index is 9.16. The molecule has 0 unspecified atom stereocenters. The van der Waals surface area contributed by atoms with Gasteiger partial charge in [0.15, 0.2) is 0 Å². The van der Waals surface area contributed by atoms with Crippen molar-refractivity contribution in [2.45, 2.75) is 77.0 Å². The number of allylic oxidation sites excluding steroid dienone is 1. The number of unbranched alkanes of at least 4 members (excludes halogenated alkanes) is 1. The average Bonchev–Trinajstić information content (AvgIpc) is 2.81. The smallest absolute Gasteiger partial charge is 0.0692 e. The van der Waals surface area contributed by atoms with Crippen LogP contribution in [-0.4, -0.2) is 34.7 Å². The summed E-state index contributed by atoms with van der Waals surface area (Å²) in [5, 5.41) is 9.16. The molecule has 0 bridgehead atoms. The van der Waals surface area contributed by atoms with Crippen LogP contribution in [0.4, 0.5) is 0 Å². The fraction of sp³-hybridized carbons (Fsp3) is 0.875. The van der Waals surface area contributed by atoms with Crippen molar-refractivity contribution in [3.63, 3.8) is 0 Å². The van der Waals surface area contributed by atoms with Gasteiger partial charge >= 0.3 is 0 Å². The van der Waals surface area contributed by atoms with Gasteiger partial charge in [0, 0.05) is 12.1 Å². The van der Waals surface area contributed by atoms with Crippen LogP contribution >= 0.6 is 0 Å². The molecule has 0 amide bonds. The normalized spacial score (nSPS) is 34.9. The molecule has 2 rings (SSSR count). The Labute approximate surface area is 112 Å². The predicted molar refractivity (Wildman–Crippen MR) is 76.6 cm³/mol. The van der Waals surface area contributed by atoms with E-state index < -0.39 is 0 Å². The van der Waals surface area contributed by atoms with Gasteiger partial charge in [-0.25, -0.2) is 0 Å². The molecule has 2 saturated heterocycles. The molecule has 2 heterocycles. The molecule has 0 radical (unpaired) electrons. The fourth-order valence-corrected chi connectivity index (χ4v) is 3.77. The summed E-state index contributed by atoms with van der Waals surface area (Å²) < 4.78 is 0. The lowest BCUT2D eigenvalue weighted by Crippen LogP contribution is -2.46. The molecule has 0 aromatic carbocycles. The molecule has 2 heteroatoms. The first-order chi connectivity index (χ1) is 8.68. The number of aliphatic hydroxyl groups is 1. The minimum Gasteiger partial charge on any atom is -0.389 e. The number of nitrogens with zero attached hydrogens (tertiary/aromatic N) is 1. The van der Waals surface area contributed by atoms with E-state index in [9.17, 15) is 0 Å². The lowest BCUT2D eigenvalue weighted by Gasteiger charge is -2.41. The molecule has 2 nitrogen and oxygen atoms in total. The summed E-state index contributed by atoms with van der Waals surface area (Å²) in [5.41, 5.74) is 0. The zero-order valence-corrected chi connectivity index (χ0v) is 12.0. The van der Waals surface area contributed by atoms with E-state index in [1.165, 1.54) is 45.1 Å². The van der Waals surface area contributed by atoms with E-state index in [0.29, 0.717) is 0 Å². The molecule has 2 aliphatic rings. The molecular formula is C16H29NO. The lowest BCUT2D eigenvalue weighted by atomic mass is 9.85. The maximum absolute atomic E-state index is 9.16. The topological polar surface area (TPSA) is 23.5 Å². The monoisotopic (exact) mass is 251 g/mol. The lowest BCUT2D eigenvalue weighted by molar-refractivity contribution is 0.0756. The van der Waals surface area contributed by atoms with Crippen LogP contribution in [0.15, 0.2) is 12.2 Å². The van der Waals surface area contributed by atoms with Crippen LogP contribution < -0.4 is 0 Å². The number of rotatable bonds is 5. The van der Waals surface area contributed by atoms with E-state index in [1.54, 1.807) is 0 Å². The van der Waals surface area contributed by atoms with Crippen LogP contribution in [0, 0.1) is 5.92 Å². The van der Waals surface area contributed by atoms with Crippen LogP contribution in [0.25, 0.3) is 0 Å². The Kier molecular flexibility index (Phi) is 5.25. The molecule has 4 atom stereocenters. The summed E-state index contributed by atoms with van der Waals surface area (Å²) in [6.07, 6.45) is 13.1. The van der Waals surface area contributed by atoms with E-state index in [1.807, 2.05) is 13.0 Å². The van der Waals surface area contributed by atoms with E-state index in [2.05, 4.69) is 17.9 Å². The van der Waals surface area contributed by atoms with Gasteiger partial charge in [-0.3, -0.25) is 4.90 Å². The van der Waals surface area contributed by atoms with Crippen molar-refractivity contribution in [2.75, 3.05) is 6.54 Å². The van der Waals surface area contributed by atoms with Crippen LogP contribution in [0.2, 0.25) is 0 Å². The number of hydrogen-bond acceptors (Lipinski definition) is 2. The van der Waals surface area contributed by atoms with Crippen molar-refractivity contribution in [1.82, 2.24) is 4.90 Å². The molecule has 0 aromatic rings. The Hall–Kier alpha value is -0.340. The highest BCUT2D eigenvalue weighted by Gasteiger charge is 2.37. The highest BCUT2D eigenvalue weighted by atomic mass is 16.3. The molecule has 2 aliphatic heterocycles. The summed E-state index contributed by atoms with van der Waals surface area (Å²) in [7, 11) is 0. The van der Waals surface area contributed by atoms with Crippen molar-refractivity contribution in [2.24, 2.45) is 5.92 Å². The van der Waals surface area contributed by atoms with Crippen LogP contribution in [0.5, 0.6) is 0 Å². The van der Waals surface area contributed by atoms with Gasteiger partial charge in [0.2, 0.25) is 0 Å². The summed E-state index contributed by atoms with van der Waals surface area (Å²) in [6, 6.07) is 1.73. The van der Waals surface area contributed by atoms with E-state index >= 15 is 0 Å². The minimum absolute atomic E-state index is 0.288. The third-order valence-electron chi connectivity index (χ3n) is 4.75. The largest absolute Gasteiger partial charge is 0.389 e. The Morgan fingerprint density at radius 2 is 2.17 bits per heavy atom. The second kappa shape index (κ2) is 6.72. The third kappa shape index (κ3) is 3.58. The predicted octanol–water partition coefficient (Wildman–Crippen LogP) is 3.36. The fourth-order valence-electron chi connectivity index (χ4n) is 3.77. The highest BCUT2D eigenvalue weighted by molar-refractivity contribution is 4.93. The Bertz CT molecular complexity index is 274. The molecule has 1 N–H and O–H groups in total. The van der Waals surface area contributed by atoms with Crippen molar-refractivity contribution in [3.05, 3.63) is 12.2 Å². The van der Waals surface area contributed by atoms with Crippen molar-refractivity contribution in [1.29, 1.82) is 0 Å². The Balaban J connectivity index is 1.72. The van der Waals surface area contributed by atoms with Gasteiger partial charge in [-0.1, -0.05) is 19.1 Å². The van der Waals surface area contributed by atoms with Gasteiger partial charge < -0.3 is 5.11 Å². The van der Waals surface area contributed by atoms with Gasteiger partial charge in [-0.2, -0.15) is 0 Å². The summed E-state index contributed by atoms with van der Waals surface area (Å²) >= 11 is 0. The average molecular weight is 251 g/mol. The number of piperidine rings is 1. The molecule has 0 aliphatic carbocycles. The molecule has 0 saturated carbocycles. The number of hydrogen-bond donors (Lipinski definition) is 1. The summed E-state index contributed by atoms with van der Waals surface area (Å²) in [4.78, 5) is 2.80. The van der Waals surface area contributed by atoms with E-state index in [4.69, 9.17) is 5.11 Å². The SMILES string of the molecule is C[C@@H]1CC[C@@H](CCC/C=C\[C@@H](C)O)N2CCC[C@@H]12. The first kappa shape index (κ1) is 14.1. The van der Waals surface area contributed by atoms with Gasteiger partial charge in [-0.05, 0) is 64.3 Å². The second-order valence-electron chi connectivity index (χ2n) is 6.26. The number of fused-ring (bicyclic) bond motifs is 1. The van der Waals surface area contributed by atoms with Crippen molar-refractivity contribution < 1.29 is 5.11 Å². The standard InChI is InChI=1S/C16H29NO/c1-13-10-11-15(17-12-6-9-16(13)17)8-5-3-4-7-14(2)18/h4,7,13-16,18H,3,5-6,8-12H2,1-2H3/b7-4-/t13-,14-,15-,16+/m1/s1. The molecular weight excluding hydrogens is 222 g/mol. The third-order valence-corrected chi connectivity index (χ3v) is 4.75. The quantitative estimate of drug-likeness (QED) is 0.598. The molecule has 104 valence electrons. The zero-order valence-electron chi connectivity index (χ0n) is 12.0. The first-order valence-corrected chi connectivity index (χ1v) is 7.79. The van der Waals surface area contributed by atoms with Crippen molar-refractivity contribution in [3.8, 4) is 0 Å². The van der Waals surface area contributed by atoms with Crippen LogP contribution in [0.3, 0.4) is 0 Å². The molecule has 2 fully saturated rings. The van der Waals surface area contributed by atoms with E-state index in [-0.39, 0.29) is 6.10 Å². The van der Waals surface area contributed by atoms with Crippen LogP contribution in [0.1, 0.15) is 58.8 Å². The van der Waals surface area contributed by atoms with Gasteiger partial charge in [0.25, 0.3) is 0 Å². The molecule has 0 aromatic heterocycles. The zero-order chi connectivity index (χ0) is 13.0. The molecule has 18 heavy (non-hydrogen) atoms. The summed E-state index contributed by atoms with van der Waals surface area (Å²) in [6.45, 7) is 5.58.